The summed E-state index contributed by atoms with van der Waals surface area (Å²) in [6.45, 7) is 1.95. The summed E-state index contributed by atoms with van der Waals surface area (Å²) in [5.41, 5.74) is 1.61. The molecule has 3 heteroatoms. The van der Waals surface area contributed by atoms with Crippen molar-refractivity contribution in [3.63, 3.8) is 0 Å². The average molecular weight is 215 g/mol. The lowest BCUT2D eigenvalue weighted by molar-refractivity contribution is 0.329. The third-order valence-corrected chi connectivity index (χ3v) is 2.31. The second-order valence-corrected chi connectivity index (χ2v) is 3.39. The van der Waals surface area contributed by atoms with Gasteiger partial charge in [-0.3, -0.25) is 0 Å². The van der Waals surface area contributed by atoms with Gasteiger partial charge in [-0.1, -0.05) is 30.7 Å². The highest BCUT2D eigenvalue weighted by atomic mass is 35.5. The fourth-order valence-electron chi connectivity index (χ4n) is 1.10. The van der Waals surface area contributed by atoms with Crippen LogP contribution in [-0.2, 0) is 0 Å². The first kappa shape index (κ1) is 11.2. The summed E-state index contributed by atoms with van der Waals surface area (Å²) in [6, 6.07) is 4.21. The van der Waals surface area contributed by atoms with Crippen LogP contribution in [0.5, 0.6) is 0 Å². The van der Waals surface area contributed by atoms with Crippen LogP contribution >= 0.6 is 11.6 Å². The molecule has 1 rings (SSSR count). The van der Waals surface area contributed by atoms with Crippen LogP contribution in [0.4, 0.5) is 4.39 Å². The average Bonchev–Trinajstić information content (AvgIpc) is 2.17. The Morgan fingerprint density at radius 2 is 2.29 bits per heavy atom. The van der Waals surface area contributed by atoms with Gasteiger partial charge < -0.3 is 5.11 Å². The fourth-order valence-corrected chi connectivity index (χ4v) is 1.32. The van der Waals surface area contributed by atoms with Crippen LogP contribution in [0.15, 0.2) is 23.8 Å². The van der Waals surface area contributed by atoms with Crippen molar-refractivity contribution in [1.82, 2.24) is 0 Å². The van der Waals surface area contributed by atoms with Crippen LogP contribution in [0.2, 0.25) is 5.02 Å². The predicted molar refractivity (Wildman–Crippen MR) is 56.8 cm³/mol. The highest BCUT2D eigenvalue weighted by Crippen LogP contribution is 2.20. The van der Waals surface area contributed by atoms with E-state index in [1.54, 1.807) is 12.1 Å². The van der Waals surface area contributed by atoms with E-state index in [0.29, 0.717) is 5.02 Å². The Kier molecular flexibility index (Phi) is 4.11. The molecule has 14 heavy (non-hydrogen) atoms. The Balaban J connectivity index is 3.02. The molecule has 0 saturated heterocycles. The Hall–Kier alpha value is -0.860. The van der Waals surface area contributed by atoms with E-state index in [1.807, 2.05) is 6.92 Å². The maximum Gasteiger partial charge on any atom is 0.124 e. The van der Waals surface area contributed by atoms with Crippen LogP contribution in [-0.4, -0.2) is 11.7 Å². The number of halogens is 2. The first-order chi connectivity index (χ1) is 6.67. The zero-order valence-electron chi connectivity index (χ0n) is 7.93. The van der Waals surface area contributed by atoms with Gasteiger partial charge in [0.15, 0.2) is 0 Å². The largest absolute Gasteiger partial charge is 0.392 e. The van der Waals surface area contributed by atoms with Crippen molar-refractivity contribution in [2.45, 2.75) is 13.3 Å². The van der Waals surface area contributed by atoms with Crippen molar-refractivity contribution in [3.05, 3.63) is 40.2 Å². The Morgan fingerprint density at radius 3 is 2.79 bits per heavy atom. The van der Waals surface area contributed by atoms with E-state index in [4.69, 9.17) is 16.7 Å². The zero-order chi connectivity index (χ0) is 10.6. The monoisotopic (exact) mass is 214 g/mol. The molecular formula is C11H12ClFO. The number of aliphatic hydroxyl groups excluding tert-OH is 1. The van der Waals surface area contributed by atoms with Gasteiger partial charge in [0.2, 0.25) is 0 Å². The molecular weight excluding hydrogens is 203 g/mol. The number of benzene rings is 1. The van der Waals surface area contributed by atoms with Crippen LogP contribution in [0.1, 0.15) is 18.9 Å². The standard InChI is InChI=1S/C11H12ClFO/c1-2-8(7-14)5-9-3-4-10(13)6-11(9)12/h3-6,14H,2,7H2,1H3/b8-5-. The van der Waals surface area contributed by atoms with E-state index in [2.05, 4.69) is 0 Å². The fraction of sp³-hybridized carbons (Fsp3) is 0.273. The third-order valence-electron chi connectivity index (χ3n) is 1.98. The highest BCUT2D eigenvalue weighted by molar-refractivity contribution is 6.32. The lowest BCUT2D eigenvalue weighted by atomic mass is 10.1. The molecule has 1 nitrogen and oxygen atoms in total. The van der Waals surface area contributed by atoms with E-state index in [0.717, 1.165) is 17.6 Å². The molecule has 0 unspecified atom stereocenters. The second kappa shape index (κ2) is 5.13. The molecule has 0 aromatic heterocycles. The third kappa shape index (κ3) is 2.82. The van der Waals surface area contributed by atoms with Gasteiger partial charge >= 0.3 is 0 Å². The van der Waals surface area contributed by atoms with Gasteiger partial charge in [0, 0.05) is 0 Å². The maximum atomic E-state index is 12.7. The summed E-state index contributed by atoms with van der Waals surface area (Å²) in [5, 5.41) is 9.31. The van der Waals surface area contributed by atoms with Crippen LogP contribution in [0.3, 0.4) is 0 Å². The molecule has 0 radical (unpaired) electrons. The number of hydrogen-bond acceptors (Lipinski definition) is 1. The van der Waals surface area contributed by atoms with Gasteiger partial charge in [0.1, 0.15) is 5.82 Å². The van der Waals surface area contributed by atoms with E-state index >= 15 is 0 Å². The van der Waals surface area contributed by atoms with Crippen molar-refractivity contribution in [2.24, 2.45) is 0 Å². The molecule has 0 amide bonds. The normalized spacial score (nSPS) is 11.9. The van der Waals surface area contributed by atoms with E-state index in [1.165, 1.54) is 12.1 Å². The highest BCUT2D eigenvalue weighted by Gasteiger charge is 2.00. The van der Waals surface area contributed by atoms with E-state index in [9.17, 15) is 4.39 Å². The minimum atomic E-state index is -0.353. The Labute approximate surface area is 87.8 Å². The molecule has 0 aliphatic heterocycles. The van der Waals surface area contributed by atoms with Crippen molar-refractivity contribution >= 4 is 17.7 Å². The van der Waals surface area contributed by atoms with Gasteiger partial charge in [-0.2, -0.15) is 0 Å². The molecule has 1 N–H and O–H groups in total. The first-order valence-electron chi connectivity index (χ1n) is 4.42. The quantitative estimate of drug-likeness (QED) is 0.819. The molecule has 0 spiro atoms. The molecule has 0 aliphatic carbocycles. The molecule has 0 aliphatic rings. The second-order valence-electron chi connectivity index (χ2n) is 2.98. The van der Waals surface area contributed by atoms with Crippen molar-refractivity contribution in [2.75, 3.05) is 6.61 Å². The summed E-state index contributed by atoms with van der Waals surface area (Å²) < 4.78 is 12.7. The predicted octanol–water partition coefficient (Wildman–Crippen LogP) is 3.26. The summed E-state index contributed by atoms with van der Waals surface area (Å²) >= 11 is 5.82. The van der Waals surface area contributed by atoms with Gasteiger partial charge in [-0.15, -0.1) is 0 Å². The molecule has 1 aromatic rings. The minimum absolute atomic E-state index is 0.00417. The van der Waals surface area contributed by atoms with Crippen LogP contribution in [0, 0.1) is 5.82 Å². The van der Waals surface area contributed by atoms with Crippen LogP contribution in [0.25, 0.3) is 6.08 Å². The molecule has 1 aromatic carbocycles. The summed E-state index contributed by atoms with van der Waals surface area (Å²) in [6.07, 6.45) is 2.53. The molecule has 0 atom stereocenters. The van der Waals surface area contributed by atoms with Gasteiger partial charge in [0.05, 0.1) is 11.6 Å². The first-order valence-corrected chi connectivity index (χ1v) is 4.80. The molecule has 0 bridgehead atoms. The molecule has 0 fully saturated rings. The van der Waals surface area contributed by atoms with Crippen molar-refractivity contribution in [1.29, 1.82) is 0 Å². The molecule has 0 heterocycles. The summed E-state index contributed by atoms with van der Waals surface area (Å²) in [4.78, 5) is 0. The van der Waals surface area contributed by atoms with Crippen molar-refractivity contribution in [3.8, 4) is 0 Å². The Bertz CT molecular complexity index is 341. The van der Waals surface area contributed by atoms with E-state index in [-0.39, 0.29) is 12.4 Å². The SMILES string of the molecule is CC/C(=C/c1ccc(F)cc1Cl)CO. The number of hydrogen-bond donors (Lipinski definition) is 1. The Morgan fingerprint density at radius 1 is 1.57 bits per heavy atom. The number of rotatable bonds is 3. The van der Waals surface area contributed by atoms with E-state index < -0.39 is 0 Å². The maximum absolute atomic E-state index is 12.7. The zero-order valence-corrected chi connectivity index (χ0v) is 8.68. The van der Waals surface area contributed by atoms with Crippen LogP contribution < -0.4 is 0 Å². The summed E-state index contributed by atoms with van der Waals surface area (Å²) in [7, 11) is 0. The smallest absolute Gasteiger partial charge is 0.124 e. The summed E-state index contributed by atoms with van der Waals surface area (Å²) in [5.74, 6) is -0.353. The van der Waals surface area contributed by atoms with Crippen molar-refractivity contribution < 1.29 is 9.50 Å². The minimum Gasteiger partial charge on any atom is -0.392 e. The lowest BCUT2D eigenvalue weighted by Gasteiger charge is -2.02. The molecule has 76 valence electrons. The van der Waals surface area contributed by atoms with Gasteiger partial charge in [-0.25, -0.2) is 4.39 Å². The van der Waals surface area contributed by atoms with Gasteiger partial charge in [0.25, 0.3) is 0 Å². The lowest BCUT2D eigenvalue weighted by Crippen LogP contribution is -1.88. The molecule has 0 saturated carbocycles. The van der Waals surface area contributed by atoms with Gasteiger partial charge in [-0.05, 0) is 29.7 Å². The number of aliphatic hydroxyl groups is 1. The topological polar surface area (TPSA) is 20.2 Å².